The SMILES string of the molecule is Cc1ccc(N)c(S(=O)(=O)N(C)C2CCCCC2)c1C. The topological polar surface area (TPSA) is 63.4 Å². The van der Waals surface area contributed by atoms with Gasteiger partial charge in [-0.05, 0) is 43.9 Å². The highest BCUT2D eigenvalue weighted by Crippen LogP contribution is 2.31. The lowest BCUT2D eigenvalue weighted by Crippen LogP contribution is -2.38. The Bertz CT molecular complexity index is 590. The number of nitrogen functional groups attached to an aromatic ring is 1. The van der Waals surface area contributed by atoms with Crippen LogP contribution in [0, 0.1) is 13.8 Å². The molecule has 0 radical (unpaired) electrons. The van der Waals surface area contributed by atoms with Crippen LogP contribution in [-0.2, 0) is 10.0 Å². The van der Waals surface area contributed by atoms with Crippen LogP contribution in [0.15, 0.2) is 17.0 Å². The molecule has 0 unspecified atom stereocenters. The smallest absolute Gasteiger partial charge is 0.245 e. The van der Waals surface area contributed by atoms with Gasteiger partial charge in [0.05, 0.1) is 5.69 Å². The fraction of sp³-hybridized carbons (Fsp3) is 0.600. The molecule has 112 valence electrons. The minimum Gasteiger partial charge on any atom is -0.398 e. The number of aryl methyl sites for hydroxylation is 1. The van der Waals surface area contributed by atoms with Crippen molar-refractivity contribution in [2.75, 3.05) is 12.8 Å². The van der Waals surface area contributed by atoms with Crippen molar-refractivity contribution in [3.63, 3.8) is 0 Å². The number of sulfonamides is 1. The average molecular weight is 296 g/mol. The molecular weight excluding hydrogens is 272 g/mol. The van der Waals surface area contributed by atoms with E-state index in [1.54, 1.807) is 13.1 Å². The zero-order valence-electron chi connectivity index (χ0n) is 12.5. The summed E-state index contributed by atoms with van der Waals surface area (Å²) in [5.74, 6) is 0. The number of nitrogens with zero attached hydrogens (tertiary/aromatic N) is 1. The molecule has 1 aliphatic carbocycles. The lowest BCUT2D eigenvalue weighted by atomic mass is 9.96. The number of benzene rings is 1. The van der Waals surface area contributed by atoms with Gasteiger partial charge < -0.3 is 5.73 Å². The molecule has 1 fully saturated rings. The van der Waals surface area contributed by atoms with Crippen molar-refractivity contribution in [2.45, 2.75) is 56.9 Å². The summed E-state index contributed by atoms with van der Waals surface area (Å²) in [4.78, 5) is 0.283. The molecule has 0 amide bonds. The zero-order chi connectivity index (χ0) is 14.9. The van der Waals surface area contributed by atoms with Gasteiger partial charge in [-0.3, -0.25) is 0 Å². The van der Waals surface area contributed by atoms with Gasteiger partial charge >= 0.3 is 0 Å². The summed E-state index contributed by atoms with van der Waals surface area (Å²) in [7, 11) is -1.83. The van der Waals surface area contributed by atoms with Gasteiger partial charge in [0.1, 0.15) is 4.90 Å². The van der Waals surface area contributed by atoms with E-state index in [2.05, 4.69) is 0 Å². The first-order valence-corrected chi connectivity index (χ1v) is 8.63. The third kappa shape index (κ3) is 2.69. The third-order valence-corrected chi connectivity index (χ3v) is 6.55. The molecule has 2 N–H and O–H groups in total. The molecule has 20 heavy (non-hydrogen) atoms. The summed E-state index contributed by atoms with van der Waals surface area (Å²) in [5, 5.41) is 0. The van der Waals surface area contributed by atoms with Crippen LogP contribution in [-0.4, -0.2) is 25.8 Å². The Kier molecular flexibility index (Phi) is 4.39. The van der Waals surface area contributed by atoms with Crippen molar-refractivity contribution < 1.29 is 8.42 Å². The van der Waals surface area contributed by atoms with Gasteiger partial charge in [0.25, 0.3) is 0 Å². The minimum absolute atomic E-state index is 0.105. The molecule has 2 rings (SSSR count). The van der Waals surface area contributed by atoms with Gasteiger partial charge in [-0.15, -0.1) is 0 Å². The summed E-state index contributed by atoms with van der Waals surface area (Å²) in [6, 6.07) is 3.65. The van der Waals surface area contributed by atoms with E-state index in [4.69, 9.17) is 5.73 Å². The molecule has 0 atom stereocenters. The maximum absolute atomic E-state index is 12.9. The molecule has 1 saturated carbocycles. The quantitative estimate of drug-likeness (QED) is 0.872. The summed E-state index contributed by atoms with van der Waals surface area (Å²) in [6.45, 7) is 3.74. The molecule has 0 bridgehead atoms. The van der Waals surface area contributed by atoms with Crippen molar-refractivity contribution in [1.82, 2.24) is 4.31 Å². The predicted molar refractivity (Wildman–Crippen MR) is 82.2 cm³/mol. The Balaban J connectivity index is 2.42. The highest BCUT2D eigenvalue weighted by molar-refractivity contribution is 7.89. The van der Waals surface area contributed by atoms with E-state index in [9.17, 15) is 8.42 Å². The second-order valence-corrected chi connectivity index (χ2v) is 7.67. The molecule has 0 aliphatic heterocycles. The zero-order valence-corrected chi connectivity index (χ0v) is 13.3. The lowest BCUT2D eigenvalue weighted by Gasteiger charge is -2.31. The van der Waals surface area contributed by atoms with E-state index in [1.807, 2.05) is 19.9 Å². The first kappa shape index (κ1) is 15.3. The lowest BCUT2D eigenvalue weighted by molar-refractivity contribution is 0.286. The standard InChI is InChI=1S/C15H24N2O2S/c1-11-9-10-14(16)15(12(11)2)20(18,19)17(3)13-7-5-4-6-8-13/h9-10,13H,4-8,16H2,1-3H3. The molecule has 1 aliphatic rings. The molecule has 1 aromatic carbocycles. The van der Waals surface area contributed by atoms with Gasteiger partial charge in [0.15, 0.2) is 0 Å². The van der Waals surface area contributed by atoms with E-state index < -0.39 is 10.0 Å². The summed E-state index contributed by atoms with van der Waals surface area (Å²) < 4.78 is 27.3. The van der Waals surface area contributed by atoms with Crippen molar-refractivity contribution in [1.29, 1.82) is 0 Å². The number of rotatable bonds is 3. The minimum atomic E-state index is -3.51. The molecule has 5 heteroatoms. The maximum Gasteiger partial charge on any atom is 0.245 e. The Hall–Kier alpha value is -1.07. The molecule has 0 aromatic heterocycles. The van der Waals surface area contributed by atoms with Crippen LogP contribution in [0.4, 0.5) is 5.69 Å². The van der Waals surface area contributed by atoms with Gasteiger partial charge in [-0.25, -0.2) is 8.42 Å². The highest BCUT2D eigenvalue weighted by Gasteiger charge is 2.31. The fourth-order valence-electron chi connectivity index (χ4n) is 2.94. The van der Waals surface area contributed by atoms with E-state index in [-0.39, 0.29) is 10.9 Å². The van der Waals surface area contributed by atoms with Crippen LogP contribution in [0.25, 0.3) is 0 Å². The van der Waals surface area contributed by atoms with Crippen molar-refractivity contribution in [2.24, 2.45) is 0 Å². The first-order valence-electron chi connectivity index (χ1n) is 7.19. The third-order valence-electron chi connectivity index (χ3n) is 4.43. The Labute approximate surface area is 122 Å². The maximum atomic E-state index is 12.9. The normalized spacial score (nSPS) is 17.6. The van der Waals surface area contributed by atoms with Gasteiger partial charge in [-0.2, -0.15) is 4.31 Å². The molecule has 0 heterocycles. The van der Waals surface area contributed by atoms with E-state index in [0.29, 0.717) is 5.69 Å². The molecule has 1 aromatic rings. The monoisotopic (exact) mass is 296 g/mol. The van der Waals surface area contributed by atoms with Crippen LogP contribution in [0.2, 0.25) is 0 Å². The van der Waals surface area contributed by atoms with E-state index in [1.165, 1.54) is 10.7 Å². The molecular formula is C15H24N2O2S. The van der Waals surface area contributed by atoms with Gasteiger partial charge in [0.2, 0.25) is 10.0 Å². The Morgan fingerprint density at radius 3 is 2.35 bits per heavy atom. The van der Waals surface area contributed by atoms with Gasteiger partial charge in [0, 0.05) is 13.1 Å². The largest absolute Gasteiger partial charge is 0.398 e. The van der Waals surface area contributed by atoms with Crippen LogP contribution >= 0.6 is 0 Å². The molecule has 0 spiro atoms. The predicted octanol–water partition coefficient (Wildman–Crippen LogP) is 2.84. The Morgan fingerprint density at radius 2 is 1.75 bits per heavy atom. The number of hydrogen-bond donors (Lipinski definition) is 1. The van der Waals surface area contributed by atoms with Crippen LogP contribution in [0.5, 0.6) is 0 Å². The van der Waals surface area contributed by atoms with Crippen molar-refractivity contribution >= 4 is 15.7 Å². The fourth-order valence-corrected chi connectivity index (χ4v) is 4.74. The van der Waals surface area contributed by atoms with Crippen molar-refractivity contribution in [3.05, 3.63) is 23.3 Å². The van der Waals surface area contributed by atoms with E-state index >= 15 is 0 Å². The first-order chi connectivity index (χ1) is 9.35. The van der Waals surface area contributed by atoms with Crippen LogP contribution < -0.4 is 5.73 Å². The Morgan fingerprint density at radius 1 is 1.15 bits per heavy atom. The van der Waals surface area contributed by atoms with Crippen LogP contribution in [0.3, 0.4) is 0 Å². The second-order valence-electron chi connectivity index (χ2n) is 5.74. The highest BCUT2D eigenvalue weighted by atomic mass is 32.2. The van der Waals surface area contributed by atoms with Crippen molar-refractivity contribution in [3.8, 4) is 0 Å². The van der Waals surface area contributed by atoms with Crippen LogP contribution in [0.1, 0.15) is 43.2 Å². The number of nitrogens with two attached hydrogens (primary N) is 1. The second kappa shape index (κ2) is 5.74. The summed E-state index contributed by atoms with van der Waals surface area (Å²) >= 11 is 0. The molecule has 4 nitrogen and oxygen atoms in total. The number of anilines is 1. The molecule has 0 saturated heterocycles. The summed E-state index contributed by atoms with van der Waals surface area (Å²) in [5.41, 5.74) is 7.99. The average Bonchev–Trinajstić information content (AvgIpc) is 2.43. The van der Waals surface area contributed by atoms with E-state index in [0.717, 1.165) is 36.8 Å². The number of hydrogen-bond acceptors (Lipinski definition) is 3. The van der Waals surface area contributed by atoms with Gasteiger partial charge in [-0.1, -0.05) is 25.3 Å². The summed E-state index contributed by atoms with van der Waals surface area (Å²) in [6.07, 6.45) is 5.30.